The highest BCUT2D eigenvalue weighted by Gasteiger charge is 2.57. The van der Waals surface area contributed by atoms with Gasteiger partial charge in [0.05, 0.1) is 24.3 Å². The third-order valence-electron chi connectivity index (χ3n) is 2.45. The summed E-state index contributed by atoms with van der Waals surface area (Å²) >= 11 is 0. The summed E-state index contributed by atoms with van der Waals surface area (Å²) in [4.78, 5) is 0. The Bertz CT molecular complexity index is 158. The molecule has 64 valence electrons. The molecule has 0 spiro atoms. The average Bonchev–Trinajstić information content (AvgIpc) is 2.76. The molecule has 0 amide bonds. The van der Waals surface area contributed by atoms with Crippen molar-refractivity contribution in [3.05, 3.63) is 0 Å². The summed E-state index contributed by atoms with van der Waals surface area (Å²) < 4.78 is 0. The molecular weight excluding hydrogens is 150 g/mol. The van der Waals surface area contributed by atoms with E-state index in [1.807, 2.05) is 0 Å². The van der Waals surface area contributed by atoms with Crippen LogP contribution >= 0.6 is 0 Å². The van der Waals surface area contributed by atoms with E-state index in [1.165, 1.54) is 0 Å². The minimum atomic E-state index is -1.23. The Morgan fingerprint density at radius 1 is 0.636 bits per heavy atom. The van der Waals surface area contributed by atoms with Crippen LogP contribution in [0.1, 0.15) is 0 Å². The first-order valence-corrected chi connectivity index (χ1v) is 3.61. The first-order chi connectivity index (χ1) is 5.13. The van der Waals surface area contributed by atoms with Crippen molar-refractivity contribution < 1.29 is 20.4 Å². The van der Waals surface area contributed by atoms with Crippen molar-refractivity contribution >= 4 is 0 Å². The predicted octanol–water partition coefficient (Wildman–Crippen LogP) is -3.22. The lowest BCUT2D eigenvalue weighted by Gasteiger charge is -2.30. The molecule has 1 saturated carbocycles. The molecule has 5 nitrogen and oxygen atoms in total. The molecule has 1 heterocycles. The van der Waals surface area contributed by atoms with Crippen LogP contribution in [0, 0.1) is 0 Å². The van der Waals surface area contributed by atoms with Crippen molar-refractivity contribution in [1.29, 1.82) is 0 Å². The average molecular weight is 161 g/mol. The molecular formula is C6H11NO4. The molecule has 0 aromatic carbocycles. The minimum absolute atomic E-state index is 0.247. The lowest BCUT2D eigenvalue weighted by Crippen LogP contribution is -2.53. The SMILES string of the molecule is OC1C(O)C(O)C2NC2C1O. The standard InChI is InChI=1S/C6H11NO4/c8-3-1-2(7-1)4(9)6(11)5(3)10/h1-11H. The van der Waals surface area contributed by atoms with E-state index in [4.69, 9.17) is 10.2 Å². The fourth-order valence-corrected chi connectivity index (χ4v) is 1.62. The van der Waals surface area contributed by atoms with Gasteiger partial charge in [0.15, 0.2) is 0 Å². The second-order valence-electron chi connectivity index (χ2n) is 3.18. The number of aliphatic hydroxyl groups excluding tert-OH is 4. The van der Waals surface area contributed by atoms with Crippen LogP contribution in [-0.4, -0.2) is 56.9 Å². The zero-order chi connectivity index (χ0) is 8.17. The second kappa shape index (κ2) is 2.15. The van der Waals surface area contributed by atoms with Gasteiger partial charge >= 0.3 is 0 Å². The van der Waals surface area contributed by atoms with Crippen LogP contribution in [0.4, 0.5) is 0 Å². The highest BCUT2D eigenvalue weighted by atomic mass is 16.4. The van der Waals surface area contributed by atoms with Gasteiger partial charge in [-0.15, -0.1) is 0 Å². The lowest BCUT2D eigenvalue weighted by molar-refractivity contribution is -0.121. The van der Waals surface area contributed by atoms with E-state index >= 15 is 0 Å². The van der Waals surface area contributed by atoms with E-state index < -0.39 is 24.4 Å². The molecule has 2 rings (SSSR count). The summed E-state index contributed by atoms with van der Waals surface area (Å²) in [6.07, 6.45) is -4.39. The van der Waals surface area contributed by atoms with Gasteiger partial charge in [0.1, 0.15) is 12.2 Å². The van der Waals surface area contributed by atoms with Crippen LogP contribution in [-0.2, 0) is 0 Å². The summed E-state index contributed by atoms with van der Waals surface area (Å²) in [5.74, 6) is 0. The summed E-state index contributed by atoms with van der Waals surface area (Å²) in [6.45, 7) is 0. The Labute approximate surface area is 63.3 Å². The molecule has 2 aliphatic rings. The van der Waals surface area contributed by atoms with Gasteiger partial charge in [-0.25, -0.2) is 0 Å². The molecule has 1 aliphatic heterocycles. The Hall–Kier alpha value is -0.200. The molecule has 2 fully saturated rings. The molecule has 0 bridgehead atoms. The fourth-order valence-electron chi connectivity index (χ4n) is 1.62. The van der Waals surface area contributed by atoms with E-state index in [0.717, 1.165) is 0 Å². The van der Waals surface area contributed by atoms with Gasteiger partial charge in [0, 0.05) is 0 Å². The van der Waals surface area contributed by atoms with Gasteiger partial charge in [-0.1, -0.05) is 0 Å². The molecule has 6 atom stereocenters. The molecule has 1 saturated heterocycles. The Morgan fingerprint density at radius 2 is 1.00 bits per heavy atom. The van der Waals surface area contributed by atoms with E-state index in [9.17, 15) is 10.2 Å². The highest BCUT2D eigenvalue weighted by Crippen LogP contribution is 2.30. The molecule has 0 aromatic heterocycles. The summed E-state index contributed by atoms with van der Waals surface area (Å²) in [7, 11) is 0. The van der Waals surface area contributed by atoms with Crippen molar-refractivity contribution in [1.82, 2.24) is 5.32 Å². The molecule has 0 aromatic rings. The number of rotatable bonds is 0. The van der Waals surface area contributed by atoms with Crippen LogP contribution in [0.15, 0.2) is 0 Å². The van der Waals surface area contributed by atoms with Gasteiger partial charge in [-0.3, -0.25) is 0 Å². The third kappa shape index (κ3) is 0.896. The normalized spacial score (nSPS) is 62.2. The first kappa shape index (κ1) is 7.45. The monoisotopic (exact) mass is 161 g/mol. The quantitative estimate of drug-likeness (QED) is 0.241. The Morgan fingerprint density at radius 3 is 1.36 bits per heavy atom. The smallest absolute Gasteiger partial charge is 0.110 e. The van der Waals surface area contributed by atoms with Crippen molar-refractivity contribution in [3.8, 4) is 0 Å². The Balaban J connectivity index is 2.13. The highest BCUT2D eigenvalue weighted by molar-refractivity contribution is 5.15. The largest absolute Gasteiger partial charge is 0.389 e. The van der Waals surface area contributed by atoms with Gasteiger partial charge in [0.2, 0.25) is 0 Å². The third-order valence-corrected chi connectivity index (χ3v) is 2.45. The van der Waals surface area contributed by atoms with Gasteiger partial charge in [-0.05, 0) is 0 Å². The van der Waals surface area contributed by atoms with Crippen molar-refractivity contribution in [3.63, 3.8) is 0 Å². The van der Waals surface area contributed by atoms with Crippen LogP contribution < -0.4 is 5.32 Å². The van der Waals surface area contributed by atoms with Gasteiger partial charge < -0.3 is 25.7 Å². The number of fused-ring (bicyclic) bond motifs is 1. The van der Waals surface area contributed by atoms with Crippen LogP contribution in [0.5, 0.6) is 0 Å². The molecule has 6 unspecified atom stereocenters. The maximum atomic E-state index is 9.19. The number of nitrogens with one attached hydrogen (secondary N) is 1. The molecule has 0 radical (unpaired) electrons. The number of aliphatic hydroxyl groups is 4. The zero-order valence-electron chi connectivity index (χ0n) is 5.75. The van der Waals surface area contributed by atoms with E-state index in [1.54, 1.807) is 0 Å². The number of hydrogen-bond acceptors (Lipinski definition) is 5. The summed E-state index contributed by atoms with van der Waals surface area (Å²) in [5.41, 5.74) is 0. The van der Waals surface area contributed by atoms with Crippen molar-refractivity contribution in [2.75, 3.05) is 0 Å². The predicted molar refractivity (Wildman–Crippen MR) is 34.7 cm³/mol. The van der Waals surface area contributed by atoms with E-state index in [2.05, 4.69) is 5.32 Å². The van der Waals surface area contributed by atoms with E-state index in [-0.39, 0.29) is 12.1 Å². The van der Waals surface area contributed by atoms with Crippen LogP contribution in [0.3, 0.4) is 0 Å². The second-order valence-corrected chi connectivity index (χ2v) is 3.18. The fraction of sp³-hybridized carbons (Fsp3) is 1.00. The van der Waals surface area contributed by atoms with Crippen molar-refractivity contribution in [2.45, 2.75) is 36.5 Å². The van der Waals surface area contributed by atoms with E-state index in [0.29, 0.717) is 0 Å². The maximum absolute atomic E-state index is 9.19. The number of hydrogen-bond donors (Lipinski definition) is 5. The molecule has 5 heteroatoms. The van der Waals surface area contributed by atoms with Gasteiger partial charge in [-0.2, -0.15) is 0 Å². The maximum Gasteiger partial charge on any atom is 0.110 e. The Kier molecular flexibility index (Phi) is 1.45. The molecule has 11 heavy (non-hydrogen) atoms. The lowest BCUT2D eigenvalue weighted by atomic mass is 9.90. The minimum Gasteiger partial charge on any atom is -0.389 e. The van der Waals surface area contributed by atoms with Crippen LogP contribution in [0.2, 0.25) is 0 Å². The first-order valence-electron chi connectivity index (χ1n) is 3.61. The topological polar surface area (TPSA) is 103 Å². The molecule has 1 aliphatic carbocycles. The van der Waals surface area contributed by atoms with Gasteiger partial charge in [0.25, 0.3) is 0 Å². The summed E-state index contributed by atoms with van der Waals surface area (Å²) in [6, 6.07) is -0.494. The van der Waals surface area contributed by atoms with Crippen molar-refractivity contribution in [2.24, 2.45) is 0 Å². The summed E-state index contributed by atoms with van der Waals surface area (Å²) in [5, 5.41) is 39.4. The molecule has 5 N–H and O–H groups in total. The zero-order valence-corrected chi connectivity index (χ0v) is 5.75. The van der Waals surface area contributed by atoms with Crippen LogP contribution in [0.25, 0.3) is 0 Å².